The lowest BCUT2D eigenvalue weighted by molar-refractivity contribution is -0.127. The minimum Gasteiger partial charge on any atom is -0.495 e. The topological polar surface area (TPSA) is 179 Å². The van der Waals surface area contributed by atoms with Crippen LogP contribution in [0.15, 0.2) is 43.4 Å². The second-order valence-corrected chi connectivity index (χ2v) is 10.8. The monoisotopic (exact) mass is 603 g/mol. The first-order chi connectivity index (χ1) is 21.2. The number of primary amides is 1. The van der Waals surface area contributed by atoms with E-state index >= 15 is 0 Å². The number of nitrogens with zero attached hydrogens (tertiary/aromatic N) is 5. The predicted molar refractivity (Wildman–Crippen MR) is 163 cm³/mol. The molecule has 2 aliphatic rings. The molecule has 0 bridgehead atoms. The Morgan fingerprint density at radius 3 is 2.68 bits per heavy atom. The summed E-state index contributed by atoms with van der Waals surface area (Å²) < 4.78 is 12.8. The number of carbonyl (C=O) groups excluding carboxylic acids is 3. The molecule has 2 saturated heterocycles. The molecule has 5 N–H and O–H groups in total. The standard InChI is InChI=1S/C30H37N9O5/c1-4-25(40)38-9-5-6-22(17-38)39-16-21(14-33-39)35-30-32-15-23(27(31)41)28(37-30)36-26-18(2)12-19(13-24(26)43-3)29(42)34-20-7-10-44-11-8-20/h4,12-16,20,22H,1,5-11,17H2,2-3H3,(H2,31,41)(H,34,42)(H2,32,35,36,37)/t22-/m0/s1. The number of anilines is 4. The molecule has 1 aromatic carbocycles. The average Bonchev–Trinajstić information content (AvgIpc) is 3.50. The van der Waals surface area contributed by atoms with Crippen LogP contribution >= 0.6 is 0 Å². The van der Waals surface area contributed by atoms with E-state index in [0.717, 1.165) is 25.7 Å². The predicted octanol–water partition coefficient (Wildman–Crippen LogP) is 2.83. The Labute approximate surface area is 255 Å². The molecular weight excluding hydrogens is 566 g/mol. The van der Waals surface area contributed by atoms with E-state index in [-0.39, 0.29) is 41.2 Å². The number of methoxy groups -OCH3 is 1. The molecule has 0 radical (unpaired) electrons. The van der Waals surface area contributed by atoms with Crippen LogP contribution in [-0.4, -0.2) is 81.8 Å². The van der Waals surface area contributed by atoms with Crippen LogP contribution in [0.1, 0.15) is 58.0 Å². The Bertz CT molecular complexity index is 1550. The van der Waals surface area contributed by atoms with Crippen molar-refractivity contribution in [1.82, 2.24) is 30.0 Å². The second-order valence-electron chi connectivity index (χ2n) is 10.8. The fourth-order valence-electron chi connectivity index (χ4n) is 5.39. The summed E-state index contributed by atoms with van der Waals surface area (Å²) in [7, 11) is 1.50. The third-order valence-corrected chi connectivity index (χ3v) is 7.75. The quantitative estimate of drug-likeness (QED) is 0.252. The Morgan fingerprint density at radius 1 is 1.16 bits per heavy atom. The molecule has 14 nitrogen and oxygen atoms in total. The van der Waals surface area contributed by atoms with Crippen molar-refractivity contribution in [3.05, 3.63) is 60.1 Å². The molecule has 1 atom stereocenters. The van der Waals surface area contributed by atoms with Crippen molar-refractivity contribution in [2.24, 2.45) is 5.73 Å². The summed E-state index contributed by atoms with van der Waals surface area (Å²) in [5, 5.41) is 13.8. The summed E-state index contributed by atoms with van der Waals surface area (Å²) in [6.07, 6.45) is 9.40. The molecule has 14 heteroatoms. The van der Waals surface area contributed by atoms with E-state index in [1.165, 1.54) is 19.4 Å². The number of nitrogens with two attached hydrogens (primary N) is 1. The van der Waals surface area contributed by atoms with Crippen LogP contribution in [0.3, 0.4) is 0 Å². The van der Waals surface area contributed by atoms with Gasteiger partial charge in [0.25, 0.3) is 11.8 Å². The molecule has 5 rings (SSSR count). The highest BCUT2D eigenvalue weighted by Crippen LogP contribution is 2.34. The van der Waals surface area contributed by atoms with Crippen LogP contribution in [-0.2, 0) is 9.53 Å². The third kappa shape index (κ3) is 6.97. The molecule has 0 unspecified atom stereocenters. The first-order valence-corrected chi connectivity index (χ1v) is 14.5. The Kier molecular flexibility index (Phi) is 9.38. The molecule has 3 amide bonds. The van der Waals surface area contributed by atoms with Gasteiger partial charge in [0.05, 0.1) is 30.7 Å². The molecular formula is C30H37N9O5. The minimum atomic E-state index is -0.716. The zero-order valence-corrected chi connectivity index (χ0v) is 24.8. The van der Waals surface area contributed by atoms with Gasteiger partial charge in [-0.25, -0.2) is 4.98 Å². The number of amides is 3. The maximum Gasteiger partial charge on any atom is 0.254 e. The van der Waals surface area contributed by atoms with E-state index in [0.29, 0.717) is 54.6 Å². The first kappa shape index (κ1) is 30.5. The molecule has 0 aliphatic carbocycles. The molecule has 44 heavy (non-hydrogen) atoms. The molecule has 232 valence electrons. The van der Waals surface area contributed by atoms with Gasteiger partial charge in [-0.05, 0) is 56.4 Å². The number of hydrogen-bond acceptors (Lipinski definition) is 10. The highest BCUT2D eigenvalue weighted by molar-refractivity contribution is 5.99. The number of benzene rings is 1. The number of hydrogen-bond donors (Lipinski definition) is 4. The SMILES string of the molecule is C=CC(=O)N1CCC[C@H](n2cc(Nc3ncc(C(N)=O)c(Nc4c(C)cc(C(=O)NC5CCOCC5)cc4OC)n3)cn2)C1. The van der Waals surface area contributed by atoms with Gasteiger partial charge in [-0.1, -0.05) is 6.58 Å². The van der Waals surface area contributed by atoms with Crippen molar-refractivity contribution in [2.75, 3.05) is 44.0 Å². The Hall–Kier alpha value is -4.98. The van der Waals surface area contributed by atoms with Gasteiger partial charge in [-0.15, -0.1) is 0 Å². The second kappa shape index (κ2) is 13.5. The van der Waals surface area contributed by atoms with Crippen LogP contribution in [0.4, 0.5) is 23.1 Å². The maximum absolute atomic E-state index is 13.0. The Morgan fingerprint density at radius 2 is 1.95 bits per heavy atom. The van der Waals surface area contributed by atoms with Crippen molar-refractivity contribution in [3.63, 3.8) is 0 Å². The van der Waals surface area contributed by atoms with Gasteiger partial charge in [-0.2, -0.15) is 10.1 Å². The number of aryl methyl sites for hydroxylation is 1. The zero-order chi connectivity index (χ0) is 31.2. The summed E-state index contributed by atoms with van der Waals surface area (Å²) >= 11 is 0. The van der Waals surface area contributed by atoms with Crippen LogP contribution in [0, 0.1) is 6.92 Å². The number of ether oxygens (including phenoxy) is 2. The third-order valence-electron chi connectivity index (χ3n) is 7.75. The van der Waals surface area contributed by atoms with Crippen LogP contribution in [0.25, 0.3) is 0 Å². The summed E-state index contributed by atoms with van der Waals surface area (Å²) in [4.78, 5) is 47.9. The van der Waals surface area contributed by atoms with E-state index in [1.807, 2.05) is 17.8 Å². The van der Waals surface area contributed by atoms with Gasteiger partial charge in [0.15, 0.2) is 0 Å². The van der Waals surface area contributed by atoms with E-state index < -0.39 is 5.91 Å². The number of rotatable bonds is 10. The number of aromatic nitrogens is 4. The van der Waals surface area contributed by atoms with E-state index in [9.17, 15) is 14.4 Å². The lowest BCUT2D eigenvalue weighted by Gasteiger charge is -2.32. The minimum absolute atomic E-state index is 0.0239. The lowest BCUT2D eigenvalue weighted by atomic mass is 10.1. The number of nitrogens with one attached hydrogen (secondary N) is 3. The average molecular weight is 604 g/mol. The van der Waals surface area contributed by atoms with Gasteiger partial charge in [-0.3, -0.25) is 19.1 Å². The van der Waals surface area contributed by atoms with E-state index in [2.05, 4.69) is 37.6 Å². The lowest BCUT2D eigenvalue weighted by Crippen LogP contribution is -2.39. The summed E-state index contributed by atoms with van der Waals surface area (Å²) in [5.74, 6) is -0.259. The summed E-state index contributed by atoms with van der Waals surface area (Å²) in [5.41, 5.74) is 8.01. The number of carbonyl (C=O) groups is 3. The van der Waals surface area contributed by atoms with Crippen molar-refractivity contribution in [3.8, 4) is 5.75 Å². The molecule has 2 aromatic heterocycles. The van der Waals surface area contributed by atoms with Gasteiger partial charge >= 0.3 is 0 Å². The van der Waals surface area contributed by atoms with Crippen LogP contribution in [0.5, 0.6) is 5.75 Å². The van der Waals surface area contributed by atoms with Gasteiger partial charge in [0, 0.05) is 50.3 Å². The normalized spacial score (nSPS) is 17.0. The van der Waals surface area contributed by atoms with Crippen LogP contribution in [0.2, 0.25) is 0 Å². The van der Waals surface area contributed by atoms with Gasteiger partial charge < -0.3 is 36.1 Å². The molecule has 2 aliphatic heterocycles. The Balaban J connectivity index is 1.34. The smallest absolute Gasteiger partial charge is 0.254 e. The maximum atomic E-state index is 13.0. The largest absolute Gasteiger partial charge is 0.495 e. The van der Waals surface area contributed by atoms with Crippen molar-refractivity contribution < 1.29 is 23.9 Å². The van der Waals surface area contributed by atoms with Crippen LogP contribution < -0.4 is 26.4 Å². The molecule has 0 saturated carbocycles. The fraction of sp³-hybridized carbons (Fsp3) is 0.400. The van der Waals surface area contributed by atoms with Gasteiger partial charge in [0.1, 0.15) is 17.1 Å². The first-order valence-electron chi connectivity index (χ1n) is 14.5. The zero-order valence-electron chi connectivity index (χ0n) is 24.8. The van der Waals surface area contributed by atoms with Crippen molar-refractivity contribution >= 4 is 40.9 Å². The van der Waals surface area contributed by atoms with Crippen molar-refractivity contribution in [1.29, 1.82) is 0 Å². The number of likely N-dealkylation sites (tertiary alicyclic amines) is 1. The highest BCUT2D eigenvalue weighted by Gasteiger charge is 2.25. The van der Waals surface area contributed by atoms with E-state index in [4.69, 9.17) is 15.2 Å². The molecule has 2 fully saturated rings. The highest BCUT2D eigenvalue weighted by atomic mass is 16.5. The summed E-state index contributed by atoms with van der Waals surface area (Å²) in [6.45, 7) is 7.88. The molecule has 4 heterocycles. The van der Waals surface area contributed by atoms with Crippen molar-refractivity contribution in [2.45, 2.75) is 44.7 Å². The number of piperidine rings is 1. The molecule has 0 spiro atoms. The van der Waals surface area contributed by atoms with E-state index in [1.54, 1.807) is 23.2 Å². The fourth-order valence-corrected chi connectivity index (χ4v) is 5.39. The van der Waals surface area contributed by atoms with Gasteiger partial charge in [0.2, 0.25) is 11.9 Å². The summed E-state index contributed by atoms with van der Waals surface area (Å²) in [6, 6.07) is 3.46. The molecule has 3 aromatic rings.